The highest BCUT2D eigenvalue weighted by atomic mass is 32.2. The molecule has 0 atom stereocenters. The number of carbonyl (C=O) groups is 1. The van der Waals surface area contributed by atoms with Gasteiger partial charge in [-0.3, -0.25) is 0 Å². The number of nitrogens with zero attached hydrogens (tertiary/aromatic N) is 2. The van der Waals surface area contributed by atoms with E-state index in [0.717, 1.165) is 6.26 Å². The van der Waals surface area contributed by atoms with Gasteiger partial charge < -0.3 is 15.2 Å². The van der Waals surface area contributed by atoms with Crippen LogP contribution in [0.4, 0.5) is 14.6 Å². The highest BCUT2D eigenvalue weighted by Gasteiger charge is 2.33. The van der Waals surface area contributed by atoms with E-state index in [1.165, 1.54) is 12.1 Å². The lowest BCUT2D eigenvalue weighted by Gasteiger charge is -2.16. The minimum atomic E-state index is -3.47. The molecular weight excluding hydrogens is 384 g/mol. The molecule has 27 heavy (non-hydrogen) atoms. The Balaban J connectivity index is 2.51. The van der Waals surface area contributed by atoms with E-state index >= 15 is 0 Å². The third kappa shape index (κ3) is 5.84. The summed E-state index contributed by atoms with van der Waals surface area (Å²) in [6, 6.07) is 7.90. The first-order valence-electron chi connectivity index (χ1n) is 7.65. The molecule has 11 heteroatoms. The van der Waals surface area contributed by atoms with Crippen LogP contribution in [0.5, 0.6) is 11.6 Å². The number of nitrogens with one attached hydrogen (secondary N) is 1. The number of rotatable bonds is 8. The second-order valence-electron chi connectivity index (χ2n) is 5.74. The minimum absolute atomic E-state index is 0.186. The van der Waals surface area contributed by atoms with Crippen LogP contribution in [0.1, 0.15) is 23.1 Å². The minimum Gasteiger partial charge on any atom is -0.477 e. The summed E-state index contributed by atoms with van der Waals surface area (Å²) in [6.07, 6.45) is 0.988. The van der Waals surface area contributed by atoms with Gasteiger partial charge in [0.25, 0.3) is 0 Å². The lowest BCUT2D eigenvalue weighted by atomic mass is 10.2. The topological polar surface area (TPSA) is 118 Å². The van der Waals surface area contributed by atoms with E-state index < -0.39 is 44.8 Å². The van der Waals surface area contributed by atoms with Crippen LogP contribution >= 0.6 is 0 Å². The molecule has 0 amide bonds. The summed E-state index contributed by atoms with van der Waals surface area (Å²) in [5.41, 5.74) is -0.583. The molecule has 2 aromatic rings. The molecule has 0 aliphatic heterocycles. The Morgan fingerprint density at radius 3 is 2.41 bits per heavy atom. The summed E-state index contributed by atoms with van der Waals surface area (Å²) in [6.45, 7) is 0.324. The highest BCUT2D eigenvalue weighted by molar-refractivity contribution is 7.90. The summed E-state index contributed by atoms with van der Waals surface area (Å²) in [5, 5.41) is 11.9. The fraction of sp³-hybridized carbons (Fsp3) is 0.312. The van der Waals surface area contributed by atoms with E-state index in [4.69, 9.17) is 4.74 Å². The lowest BCUT2D eigenvalue weighted by Crippen LogP contribution is -2.21. The van der Waals surface area contributed by atoms with E-state index in [9.17, 15) is 27.1 Å². The van der Waals surface area contributed by atoms with E-state index in [2.05, 4.69) is 15.3 Å². The fourth-order valence-electron chi connectivity index (χ4n) is 1.99. The van der Waals surface area contributed by atoms with Crippen molar-refractivity contribution in [1.29, 1.82) is 0 Å². The smallest absolute Gasteiger partial charge is 0.345 e. The van der Waals surface area contributed by atoms with Crippen LogP contribution in [0.25, 0.3) is 0 Å². The molecule has 0 radical (unpaired) electrons. The van der Waals surface area contributed by atoms with Gasteiger partial charge in [-0.2, -0.15) is 13.8 Å². The number of halogens is 2. The molecule has 0 unspecified atom stereocenters. The van der Waals surface area contributed by atoms with Crippen LogP contribution in [0.2, 0.25) is 0 Å². The zero-order chi connectivity index (χ0) is 20.2. The maximum absolute atomic E-state index is 13.7. The van der Waals surface area contributed by atoms with Crippen LogP contribution in [-0.2, 0) is 15.8 Å². The van der Waals surface area contributed by atoms with Crippen molar-refractivity contribution in [2.45, 2.75) is 12.8 Å². The Hall–Kier alpha value is -2.82. The second kappa shape index (κ2) is 7.82. The number of carboxylic acids is 1. The molecule has 1 aromatic heterocycles. The summed E-state index contributed by atoms with van der Waals surface area (Å²) in [4.78, 5) is 18.8. The number of hydrogen-bond acceptors (Lipinski definition) is 7. The Labute approximate surface area is 154 Å². The second-order valence-corrected chi connectivity index (χ2v) is 8.00. The molecule has 1 aromatic carbocycles. The summed E-state index contributed by atoms with van der Waals surface area (Å²) in [7, 11) is -3.36. The highest BCUT2D eigenvalue weighted by Crippen LogP contribution is 2.32. The molecule has 0 saturated carbocycles. The molecule has 2 rings (SSSR count). The molecule has 0 fully saturated rings. The molecule has 0 saturated heterocycles. The van der Waals surface area contributed by atoms with Gasteiger partial charge in [-0.05, 0) is 12.1 Å². The number of alkyl halides is 2. The number of aromatic nitrogens is 2. The van der Waals surface area contributed by atoms with Crippen molar-refractivity contribution in [3.8, 4) is 11.6 Å². The van der Waals surface area contributed by atoms with Gasteiger partial charge in [-0.15, -0.1) is 0 Å². The third-order valence-corrected chi connectivity index (χ3v) is 4.15. The van der Waals surface area contributed by atoms with Crippen LogP contribution in [0, 0.1) is 0 Å². The average Bonchev–Trinajstić information content (AvgIpc) is 2.53. The first-order valence-corrected chi connectivity index (χ1v) is 9.71. The predicted molar refractivity (Wildman–Crippen MR) is 93.3 cm³/mol. The number of anilines is 1. The van der Waals surface area contributed by atoms with Gasteiger partial charge in [-0.25, -0.2) is 18.2 Å². The summed E-state index contributed by atoms with van der Waals surface area (Å²) < 4.78 is 55.3. The molecule has 0 bridgehead atoms. The Bertz CT molecular complexity index is 931. The molecular formula is C16H17F2N3O5S. The van der Waals surface area contributed by atoms with E-state index in [1.54, 1.807) is 18.2 Å². The number of sulfone groups is 1. The van der Waals surface area contributed by atoms with Gasteiger partial charge in [-0.1, -0.05) is 18.2 Å². The van der Waals surface area contributed by atoms with Gasteiger partial charge in [0.1, 0.15) is 21.4 Å². The van der Waals surface area contributed by atoms with Crippen LogP contribution in [-0.4, -0.2) is 48.0 Å². The number of hydrogen-bond donors (Lipinski definition) is 2. The average molecular weight is 401 g/mol. The van der Waals surface area contributed by atoms with Crippen molar-refractivity contribution in [3.05, 3.63) is 41.7 Å². The summed E-state index contributed by atoms with van der Waals surface area (Å²) in [5.74, 6) is -7.15. The molecule has 0 aliphatic carbocycles. The van der Waals surface area contributed by atoms with Gasteiger partial charge >= 0.3 is 11.9 Å². The van der Waals surface area contributed by atoms with Crippen molar-refractivity contribution in [2.24, 2.45) is 0 Å². The molecule has 146 valence electrons. The van der Waals surface area contributed by atoms with Gasteiger partial charge in [0.2, 0.25) is 11.7 Å². The molecule has 8 nitrogen and oxygen atoms in total. The summed E-state index contributed by atoms with van der Waals surface area (Å²) >= 11 is 0. The van der Waals surface area contributed by atoms with Crippen molar-refractivity contribution < 1.29 is 31.8 Å². The van der Waals surface area contributed by atoms with E-state index in [-0.39, 0.29) is 18.0 Å². The molecule has 2 N–H and O–H groups in total. The van der Waals surface area contributed by atoms with Crippen LogP contribution < -0.4 is 10.1 Å². The van der Waals surface area contributed by atoms with Crippen LogP contribution in [0.15, 0.2) is 30.3 Å². The third-order valence-electron chi connectivity index (χ3n) is 3.21. The number of ether oxygens (including phenoxy) is 1. The van der Waals surface area contributed by atoms with Crippen LogP contribution in [0.3, 0.4) is 0 Å². The van der Waals surface area contributed by atoms with Crippen molar-refractivity contribution in [3.63, 3.8) is 0 Å². The Kier molecular flexibility index (Phi) is 5.94. The lowest BCUT2D eigenvalue weighted by molar-refractivity contribution is 0.00716. The van der Waals surface area contributed by atoms with Crippen molar-refractivity contribution in [2.75, 3.05) is 23.9 Å². The molecule has 0 spiro atoms. The van der Waals surface area contributed by atoms with E-state index in [0.29, 0.717) is 6.92 Å². The maximum Gasteiger partial charge on any atom is 0.345 e. The molecule has 0 aliphatic rings. The first-order chi connectivity index (χ1) is 12.5. The quantitative estimate of drug-likeness (QED) is 0.693. The number of carboxylic acid groups (broad SMARTS) is 1. The number of benzene rings is 1. The normalized spacial score (nSPS) is 11.9. The monoisotopic (exact) mass is 401 g/mol. The predicted octanol–water partition coefficient (Wildman–Crippen LogP) is 2.54. The Morgan fingerprint density at radius 2 is 1.89 bits per heavy atom. The first kappa shape index (κ1) is 20.5. The maximum atomic E-state index is 13.7. The van der Waals surface area contributed by atoms with Gasteiger partial charge in [0.05, 0.1) is 5.75 Å². The van der Waals surface area contributed by atoms with Crippen molar-refractivity contribution in [1.82, 2.24) is 9.97 Å². The zero-order valence-corrected chi connectivity index (χ0v) is 15.3. The van der Waals surface area contributed by atoms with Gasteiger partial charge in [0, 0.05) is 19.7 Å². The van der Waals surface area contributed by atoms with E-state index in [1.807, 2.05) is 0 Å². The number of aromatic carboxylic acids is 1. The van der Waals surface area contributed by atoms with Crippen molar-refractivity contribution >= 4 is 21.6 Å². The largest absolute Gasteiger partial charge is 0.477 e. The standard InChI is InChI=1S/C16H17F2N3O5S/c1-16(17,18)15-20-12(19-8-9-27(2,24)25)11(14(22)23)13(21-15)26-10-6-4-3-5-7-10/h3-7H,8-9H2,1-2H3,(H,22,23)(H,19,20,21). The zero-order valence-electron chi connectivity index (χ0n) is 14.4. The molecule has 1 heterocycles. The fourth-order valence-corrected chi connectivity index (χ4v) is 2.46. The van der Waals surface area contributed by atoms with Gasteiger partial charge in [0.15, 0.2) is 5.56 Å². The SMILES string of the molecule is CC(F)(F)c1nc(NCCS(C)(=O)=O)c(C(=O)O)c(Oc2ccccc2)n1. The Morgan fingerprint density at radius 1 is 1.26 bits per heavy atom. The number of para-hydroxylation sites is 1.